The Morgan fingerprint density at radius 3 is 2.32 bits per heavy atom. The second kappa shape index (κ2) is 5.69. The average Bonchev–Trinajstić information content (AvgIpc) is 2.90. The van der Waals surface area contributed by atoms with Crippen molar-refractivity contribution in [1.29, 1.82) is 0 Å². The van der Waals surface area contributed by atoms with E-state index in [4.69, 9.17) is 0 Å². The second-order valence-electron chi connectivity index (χ2n) is 5.57. The third-order valence-electron chi connectivity index (χ3n) is 3.96. The predicted octanol–water partition coefficient (Wildman–Crippen LogP) is 0.531. The summed E-state index contributed by atoms with van der Waals surface area (Å²) >= 11 is 0. The van der Waals surface area contributed by atoms with Crippen LogP contribution in [0.2, 0.25) is 0 Å². The molecular formula is C14H18N2O5S. The van der Waals surface area contributed by atoms with Gasteiger partial charge in [-0.1, -0.05) is 0 Å². The van der Waals surface area contributed by atoms with E-state index in [0.717, 1.165) is 0 Å². The van der Waals surface area contributed by atoms with Crippen LogP contribution in [0.1, 0.15) is 23.7 Å². The van der Waals surface area contributed by atoms with Crippen LogP contribution < -0.4 is 4.72 Å². The molecule has 2 rings (SSSR count). The monoisotopic (exact) mass is 326 g/mol. The van der Waals surface area contributed by atoms with Gasteiger partial charge in [0, 0.05) is 18.7 Å². The molecule has 1 unspecified atom stereocenters. The maximum Gasteiger partial charge on any atom is 0.311 e. The third kappa shape index (κ3) is 2.97. The minimum atomic E-state index is -3.54. The highest BCUT2D eigenvalue weighted by Gasteiger charge is 2.42. The summed E-state index contributed by atoms with van der Waals surface area (Å²) in [7, 11) is -2.23. The number of sulfonamides is 1. The van der Waals surface area contributed by atoms with Crippen LogP contribution in [0.4, 0.5) is 0 Å². The fourth-order valence-electron chi connectivity index (χ4n) is 2.39. The van der Waals surface area contributed by atoms with Crippen LogP contribution in [0.5, 0.6) is 0 Å². The molecule has 2 N–H and O–H groups in total. The van der Waals surface area contributed by atoms with Crippen molar-refractivity contribution in [3.63, 3.8) is 0 Å². The first kappa shape index (κ1) is 16.4. The van der Waals surface area contributed by atoms with Gasteiger partial charge in [0.05, 0.1) is 10.3 Å². The van der Waals surface area contributed by atoms with Crippen molar-refractivity contribution in [2.24, 2.45) is 5.41 Å². The lowest BCUT2D eigenvalue weighted by molar-refractivity contribution is -0.147. The van der Waals surface area contributed by atoms with Gasteiger partial charge >= 0.3 is 5.97 Å². The highest BCUT2D eigenvalue weighted by molar-refractivity contribution is 7.89. The molecule has 1 heterocycles. The van der Waals surface area contributed by atoms with Gasteiger partial charge < -0.3 is 10.0 Å². The zero-order valence-electron chi connectivity index (χ0n) is 12.4. The van der Waals surface area contributed by atoms with Gasteiger partial charge in [-0.25, -0.2) is 13.1 Å². The SMILES string of the molecule is CNS(=O)(=O)c1ccc(C(=O)N2CCC(C)(C(=O)O)C2)cc1. The summed E-state index contributed by atoms with van der Waals surface area (Å²) in [5.41, 5.74) is -0.588. The number of amides is 1. The molecule has 1 atom stereocenters. The molecule has 8 heteroatoms. The van der Waals surface area contributed by atoms with E-state index in [1.807, 2.05) is 0 Å². The fourth-order valence-corrected chi connectivity index (χ4v) is 3.12. The Morgan fingerprint density at radius 2 is 1.86 bits per heavy atom. The van der Waals surface area contributed by atoms with E-state index >= 15 is 0 Å². The van der Waals surface area contributed by atoms with Crippen molar-refractivity contribution in [2.45, 2.75) is 18.2 Å². The molecule has 1 amide bonds. The van der Waals surface area contributed by atoms with Gasteiger partial charge in [0.25, 0.3) is 5.91 Å². The summed E-state index contributed by atoms with van der Waals surface area (Å²) in [5.74, 6) is -1.21. The molecule has 0 aliphatic carbocycles. The van der Waals surface area contributed by atoms with Crippen LogP contribution >= 0.6 is 0 Å². The summed E-state index contributed by atoms with van der Waals surface area (Å²) in [6.45, 7) is 2.14. The van der Waals surface area contributed by atoms with Gasteiger partial charge in [-0.15, -0.1) is 0 Å². The first-order chi connectivity index (χ1) is 10.2. The minimum absolute atomic E-state index is 0.0725. The lowest BCUT2D eigenvalue weighted by Gasteiger charge is -2.20. The third-order valence-corrected chi connectivity index (χ3v) is 5.39. The molecule has 0 radical (unpaired) electrons. The van der Waals surface area contributed by atoms with Gasteiger partial charge in [0.2, 0.25) is 10.0 Å². The molecule has 0 spiro atoms. The number of benzene rings is 1. The van der Waals surface area contributed by atoms with Gasteiger partial charge in [-0.05, 0) is 44.7 Å². The summed E-state index contributed by atoms with van der Waals surface area (Å²) in [6, 6.07) is 5.57. The van der Waals surface area contributed by atoms with E-state index in [-0.39, 0.29) is 17.3 Å². The van der Waals surface area contributed by atoms with E-state index in [0.29, 0.717) is 18.5 Å². The van der Waals surface area contributed by atoms with Crippen LogP contribution in [0.25, 0.3) is 0 Å². The van der Waals surface area contributed by atoms with Crippen LogP contribution in [0.3, 0.4) is 0 Å². The molecule has 22 heavy (non-hydrogen) atoms. The Bertz CT molecular complexity index is 698. The maximum atomic E-state index is 12.4. The summed E-state index contributed by atoms with van der Waals surface area (Å²) in [4.78, 5) is 25.1. The highest BCUT2D eigenvalue weighted by Crippen LogP contribution is 2.31. The van der Waals surface area contributed by atoms with Crippen molar-refractivity contribution in [3.8, 4) is 0 Å². The standard InChI is InChI=1S/C14H18N2O5S/c1-14(13(18)19)7-8-16(9-14)12(17)10-3-5-11(6-4-10)22(20,21)15-2/h3-6,15H,7-9H2,1-2H3,(H,18,19). The van der Waals surface area contributed by atoms with Crippen LogP contribution in [0, 0.1) is 5.41 Å². The van der Waals surface area contributed by atoms with Crippen LogP contribution in [-0.4, -0.2) is 50.4 Å². The maximum absolute atomic E-state index is 12.4. The minimum Gasteiger partial charge on any atom is -0.481 e. The predicted molar refractivity (Wildman–Crippen MR) is 79.0 cm³/mol. The molecule has 1 fully saturated rings. The van der Waals surface area contributed by atoms with Gasteiger partial charge in [-0.3, -0.25) is 9.59 Å². The topological polar surface area (TPSA) is 104 Å². The molecule has 1 aliphatic heterocycles. The molecule has 7 nitrogen and oxygen atoms in total. The number of carbonyl (C=O) groups excluding carboxylic acids is 1. The quantitative estimate of drug-likeness (QED) is 0.840. The number of aliphatic carboxylic acids is 1. The van der Waals surface area contributed by atoms with E-state index in [9.17, 15) is 23.1 Å². The van der Waals surface area contributed by atoms with Crippen molar-refractivity contribution in [3.05, 3.63) is 29.8 Å². The molecular weight excluding hydrogens is 308 g/mol. The largest absolute Gasteiger partial charge is 0.481 e. The first-order valence-corrected chi connectivity index (χ1v) is 8.24. The van der Waals surface area contributed by atoms with Gasteiger partial charge in [-0.2, -0.15) is 0 Å². The molecule has 0 bridgehead atoms. The van der Waals surface area contributed by atoms with E-state index in [1.165, 1.54) is 36.2 Å². The van der Waals surface area contributed by atoms with Crippen LogP contribution in [-0.2, 0) is 14.8 Å². The molecule has 0 saturated carbocycles. The van der Waals surface area contributed by atoms with E-state index in [1.54, 1.807) is 6.92 Å². The number of nitrogens with one attached hydrogen (secondary N) is 1. The summed E-state index contributed by atoms with van der Waals surface area (Å²) in [6.07, 6.45) is 0.403. The molecule has 0 aromatic heterocycles. The number of carboxylic acid groups (broad SMARTS) is 1. The number of hydrogen-bond acceptors (Lipinski definition) is 4. The molecule has 120 valence electrons. The van der Waals surface area contributed by atoms with Crippen molar-refractivity contribution >= 4 is 21.9 Å². The zero-order valence-corrected chi connectivity index (χ0v) is 13.2. The zero-order chi connectivity index (χ0) is 16.5. The molecule has 1 saturated heterocycles. The fraction of sp³-hybridized carbons (Fsp3) is 0.429. The highest BCUT2D eigenvalue weighted by atomic mass is 32.2. The number of carboxylic acids is 1. The Labute approximate surface area is 129 Å². The van der Waals surface area contributed by atoms with Gasteiger partial charge in [0.15, 0.2) is 0 Å². The average molecular weight is 326 g/mol. The lowest BCUT2D eigenvalue weighted by Crippen LogP contribution is -2.34. The molecule has 1 aromatic rings. The van der Waals surface area contributed by atoms with Gasteiger partial charge in [0.1, 0.15) is 0 Å². The van der Waals surface area contributed by atoms with Crippen molar-refractivity contribution in [2.75, 3.05) is 20.1 Å². The van der Waals surface area contributed by atoms with Crippen molar-refractivity contribution in [1.82, 2.24) is 9.62 Å². The molecule has 1 aromatic carbocycles. The normalized spacial score (nSPS) is 21.8. The van der Waals surface area contributed by atoms with E-state index < -0.39 is 21.4 Å². The van der Waals surface area contributed by atoms with Crippen LogP contribution in [0.15, 0.2) is 29.2 Å². The smallest absolute Gasteiger partial charge is 0.311 e. The molecule has 1 aliphatic rings. The number of hydrogen-bond donors (Lipinski definition) is 2. The number of likely N-dealkylation sites (tertiary alicyclic amines) is 1. The number of rotatable bonds is 4. The Kier molecular flexibility index (Phi) is 4.25. The Hall–Kier alpha value is -1.93. The lowest BCUT2D eigenvalue weighted by atomic mass is 9.90. The Morgan fingerprint density at radius 1 is 1.27 bits per heavy atom. The number of nitrogens with zero attached hydrogens (tertiary/aromatic N) is 1. The van der Waals surface area contributed by atoms with E-state index in [2.05, 4.69) is 4.72 Å². The Balaban J connectivity index is 2.17. The summed E-state index contributed by atoms with van der Waals surface area (Å²) < 4.78 is 25.4. The summed E-state index contributed by atoms with van der Waals surface area (Å²) in [5, 5.41) is 9.18. The second-order valence-corrected chi connectivity index (χ2v) is 7.46. The number of carbonyl (C=O) groups is 2. The first-order valence-electron chi connectivity index (χ1n) is 6.76. The van der Waals surface area contributed by atoms with Crippen molar-refractivity contribution < 1.29 is 23.1 Å².